The second-order valence-corrected chi connectivity index (χ2v) is 8.62. The van der Waals surface area contributed by atoms with Gasteiger partial charge >= 0.3 is 6.18 Å². The molecule has 1 N–H and O–H groups in total. The summed E-state index contributed by atoms with van der Waals surface area (Å²) in [5.41, 5.74) is 2.32. The van der Waals surface area contributed by atoms with Gasteiger partial charge in [-0.1, -0.05) is 38.1 Å². The topological polar surface area (TPSA) is 48.5 Å². The van der Waals surface area contributed by atoms with Gasteiger partial charge in [0.05, 0.1) is 5.56 Å². The smallest absolute Gasteiger partial charge is 0.357 e. The van der Waals surface area contributed by atoms with Gasteiger partial charge in [0.15, 0.2) is 0 Å². The maximum Gasteiger partial charge on any atom is 0.417 e. The highest BCUT2D eigenvalue weighted by Gasteiger charge is 2.31. The van der Waals surface area contributed by atoms with Crippen molar-refractivity contribution < 1.29 is 18.0 Å². The summed E-state index contributed by atoms with van der Waals surface area (Å²) in [6, 6.07) is 11.2. The largest absolute Gasteiger partial charge is 0.417 e. The van der Waals surface area contributed by atoms with Gasteiger partial charge in [-0.2, -0.15) is 13.2 Å². The maximum absolute atomic E-state index is 12.4. The Morgan fingerprint density at radius 2 is 1.74 bits per heavy atom. The third kappa shape index (κ3) is 9.26. The van der Waals surface area contributed by atoms with Crippen LogP contribution in [-0.4, -0.2) is 55.9 Å². The van der Waals surface area contributed by atoms with Crippen LogP contribution in [0.2, 0.25) is 0 Å². The molecule has 0 atom stereocenters. The SMILES string of the molecule is CC.CNCCCN1CCc2ccccc2C1.O=CC1CCN(c2ccc(C(F)(F)F)cn2)CC1. The van der Waals surface area contributed by atoms with Crippen LogP contribution in [0.3, 0.4) is 0 Å². The predicted molar refractivity (Wildman–Crippen MR) is 136 cm³/mol. The highest BCUT2D eigenvalue weighted by molar-refractivity contribution is 5.54. The quantitative estimate of drug-likeness (QED) is 0.444. The molecule has 1 fully saturated rings. The normalized spacial score (nSPS) is 16.3. The fourth-order valence-corrected chi connectivity index (χ4v) is 4.23. The number of carbonyl (C=O) groups is 1. The van der Waals surface area contributed by atoms with E-state index in [9.17, 15) is 18.0 Å². The van der Waals surface area contributed by atoms with E-state index in [2.05, 4.69) is 39.5 Å². The predicted octanol–water partition coefficient (Wildman–Crippen LogP) is 5.20. The Labute approximate surface area is 207 Å². The van der Waals surface area contributed by atoms with E-state index in [0.717, 1.165) is 44.5 Å². The van der Waals surface area contributed by atoms with Gasteiger partial charge in [-0.25, -0.2) is 4.98 Å². The highest BCUT2D eigenvalue weighted by Crippen LogP contribution is 2.30. The molecular weight excluding hydrogens is 453 g/mol. The lowest BCUT2D eigenvalue weighted by Gasteiger charge is -2.30. The summed E-state index contributed by atoms with van der Waals surface area (Å²) in [4.78, 5) is 18.9. The number of aldehydes is 1. The van der Waals surface area contributed by atoms with Crippen molar-refractivity contribution in [1.82, 2.24) is 15.2 Å². The fraction of sp³-hybridized carbons (Fsp3) is 0.556. The molecule has 2 aliphatic rings. The van der Waals surface area contributed by atoms with Gasteiger partial charge in [0.1, 0.15) is 12.1 Å². The molecule has 35 heavy (non-hydrogen) atoms. The Bertz CT molecular complexity index is 865. The minimum atomic E-state index is -4.35. The second kappa shape index (κ2) is 14.8. The van der Waals surface area contributed by atoms with Crippen molar-refractivity contribution >= 4 is 12.1 Å². The van der Waals surface area contributed by atoms with Gasteiger partial charge in [-0.15, -0.1) is 0 Å². The molecule has 1 saturated heterocycles. The van der Waals surface area contributed by atoms with E-state index < -0.39 is 11.7 Å². The third-order valence-electron chi connectivity index (χ3n) is 6.24. The molecule has 194 valence electrons. The molecule has 0 aliphatic carbocycles. The number of fused-ring (bicyclic) bond motifs is 1. The van der Waals surface area contributed by atoms with Crippen molar-refractivity contribution in [2.75, 3.05) is 44.7 Å². The van der Waals surface area contributed by atoms with E-state index in [-0.39, 0.29) is 5.92 Å². The lowest BCUT2D eigenvalue weighted by molar-refractivity contribution is -0.137. The lowest BCUT2D eigenvalue weighted by Crippen LogP contribution is -2.34. The second-order valence-electron chi connectivity index (χ2n) is 8.62. The number of piperidine rings is 1. The first-order valence-corrected chi connectivity index (χ1v) is 12.6. The van der Waals surface area contributed by atoms with Gasteiger partial charge in [0.2, 0.25) is 0 Å². The van der Waals surface area contributed by atoms with E-state index in [4.69, 9.17) is 0 Å². The summed E-state index contributed by atoms with van der Waals surface area (Å²) >= 11 is 0. The number of hydrogen-bond acceptors (Lipinski definition) is 5. The molecule has 0 amide bonds. The van der Waals surface area contributed by atoms with Crippen LogP contribution in [-0.2, 0) is 23.9 Å². The first-order valence-electron chi connectivity index (χ1n) is 12.6. The summed E-state index contributed by atoms with van der Waals surface area (Å²) in [7, 11) is 2.02. The van der Waals surface area contributed by atoms with Gasteiger partial charge < -0.3 is 15.0 Å². The van der Waals surface area contributed by atoms with Gasteiger partial charge in [-0.05, 0) is 69.1 Å². The zero-order valence-corrected chi connectivity index (χ0v) is 21.2. The van der Waals surface area contributed by atoms with Crippen molar-refractivity contribution in [1.29, 1.82) is 0 Å². The molecule has 1 aromatic carbocycles. The molecule has 0 radical (unpaired) electrons. The summed E-state index contributed by atoms with van der Waals surface area (Å²) in [6.07, 6.45) is 1.36. The van der Waals surface area contributed by atoms with Crippen molar-refractivity contribution in [2.24, 2.45) is 5.92 Å². The van der Waals surface area contributed by atoms with Crippen LogP contribution in [0.25, 0.3) is 0 Å². The summed E-state index contributed by atoms with van der Waals surface area (Å²) in [5, 5.41) is 3.20. The Kier molecular flexibility index (Phi) is 12.2. The number of benzene rings is 1. The number of carbonyl (C=O) groups excluding carboxylic acids is 1. The Morgan fingerprint density at radius 1 is 1.06 bits per heavy atom. The molecule has 3 heterocycles. The molecule has 4 rings (SSSR count). The molecule has 0 bridgehead atoms. The molecule has 2 aromatic rings. The number of aromatic nitrogens is 1. The Morgan fingerprint density at radius 3 is 2.31 bits per heavy atom. The number of nitrogens with zero attached hydrogens (tertiary/aromatic N) is 3. The van der Waals surface area contributed by atoms with Crippen molar-refractivity contribution in [2.45, 2.75) is 52.3 Å². The van der Waals surface area contributed by atoms with Crippen LogP contribution in [0, 0.1) is 5.92 Å². The third-order valence-corrected chi connectivity index (χ3v) is 6.24. The van der Waals surface area contributed by atoms with Crippen LogP contribution in [0.5, 0.6) is 0 Å². The molecule has 8 heteroatoms. The molecule has 0 saturated carbocycles. The van der Waals surface area contributed by atoms with Gasteiger partial charge in [0.25, 0.3) is 0 Å². The molecule has 1 aromatic heterocycles. The summed E-state index contributed by atoms with van der Waals surface area (Å²) < 4.78 is 37.1. The summed E-state index contributed by atoms with van der Waals surface area (Å²) in [5.74, 6) is 0.600. The molecular formula is C27H39F3N4O. The highest BCUT2D eigenvalue weighted by atomic mass is 19.4. The van der Waals surface area contributed by atoms with Crippen LogP contribution >= 0.6 is 0 Å². The average molecular weight is 493 g/mol. The maximum atomic E-state index is 12.4. The van der Waals surface area contributed by atoms with E-state index >= 15 is 0 Å². The standard InChI is InChI=1S/C13H20N2.C12H13F3N2O.C2H6/c1-14-8-4-9-15-10-7-12-5-2-3-6-13(12)11-15;13-12(14,15)10-1-2-11(16-7-10)17-5-3-9(8-18)4-6-17;1-2/h2-3,5-6,14H,4,7-11H2,1H3;1-2,7-9H,3-6H2;1-2H3. The molecule has 0 spiro atoms. The van der Waals surface area contributed by atoms with Crippen LogP contribution in [0.1, 0.15) is 49.8 Å². The van der Waals surface area contributed by atoms with Crippen molar-refractivity contribution in [3.63, 3.8) is 0 Å². The van der Waals surface area contributed by atoms with E-state index in [1.165, 1.54) is 37.6 Å². The van der Waals surface area contributed by atoms with Crippen LogP contribution in [0.15, 0.2) is 42.6 Å². The number of hydrogen-bond donors (Lipinski definition) is 1. The molecule has 0 unspecified atom stereocenters. The first-order chi connectivity index (χ1) is 16.9. The number of alkyl halides is 3. The van der Waals surface area contributed by atoms with Crippen molar-refractivity contribution in [3.8, 4) is 0 Å². The van der Waals surface area contributed by atoms with Gasteiger partial charge in [0, 0.05) is 38.3 Å². The minimum absolute atomic E-state index is 0.0655. The van der Waals surface area contributed by atoms with Crippen molar-refractivity contribution in [3.05, 3.63) is 59.3 Å². The zero-order chi connectivity index (χ0) is 25.7. The average Bonchev–Trinajstić information content (AvgIpc) is 2.90. The van der Waals surface area contributed by atoms with E-state index in [0.29, 0.717) is 18.9 Å². The number of rotatable bonds is 6. The molecule has 5 nitrogen and oxygen atoms in total. The van der Waals surface area contributed by atoms with Crippen LogP contribution < -0.4 is 10.2 Å². The fourth-order valence-electron chi connectivity index (χ4n) is 4.23. The summed E-state index contributed by atoms with van der Waals surface area (Å²) in [6.45, 7) is 10.0. The van der Waals surface area contributed by atoms with E-state index in [1.54, 1.807) is 5.56 Å². The minimum Gasteiger partial charge on any atom is -0.357 e. The lowest BCUT2D eigenvalue weighted by atomic mass is 9.99. The Balaban J connectivity index is 0.000000234. The number of nitrogens with one attached hydrogen (secondary N) is 1. The monoisotopic (exact) mass is 492 g/mol. The van der Waals surface area contributed by atoms with Gasteiger partial charge in [-0.3, -0.25) is 4.90 Å². The molecule has 2 aliphatic heterocycles. The zero-order valence-electron chi connectivity index (χ0n) is 21.2. The Hall–Kier alpha value is -2.45. The number of halogens is 3. The number of anilines is 1. The number of pyridine rings is 1. The van der Waals surface area contributed by atoms with Crippen LogP contribution in [0.4, 0.5) is 19.0 Å². The first kappa shape index (κ1) is 28.8. The van der Waals surface area contributed by atoms with E-state index in [1.807, 2.05) is 25.8 Å².